The average molecular weight is 449 g/mol. The van der Waals surface area contributed by atoms with Gasteiger partial charge < -0.3 is 15.4 Å². The highest BCUT2D eigenvalue weighted by Gasteiger charge is 2.21. The van der Waals surface area contributed by atoms with Gasteiger partial charge in [0.05, 0.1) is 12.3 Å². The standard InChI is InChI=1S/C27H33FN4O/c1-19(2)18-33-25-9-5-21(6-10-25)16-30-27-31-17-23(15-20-3-7-24(28)8-4-20)26(32-27)22-11-13-29-14-12-22/h3-10,17,19,22,29H,11-16,18H2,1-2H3,(H,30,31,32). The monoisotopic (exact) mass is 448 g/mol. The molecule has 5 nitrogen and oxygen atoms in total. The fraction of sp³-hybridized carbons (Fsp3) is 0.407. The largest absolute Gasteiger partial charge is 0.493 e. The van der Waals surface area contributed by atoms with Crippen molar-refractivity contribution in [3.05, 3.63) is 82.9 Å². The summed E-state index contributed by atoms with van der Waals surface area (Å²) in [6, 6.07) is 14.8. The van der Waals surface area contributed by atoms with E-state index in [0.29, 0.717) is 30.7 Å². The number of anilines is 1. The molecule has 2 N–H and O–H groups in total. The average Bonchev–Trinajstić information content (AvgIpc) is 2.84. The molecule has 3 aromatic rings. The SMILES string of the molecule is CC(C)COc1ccc(CNc2ncc(Cc3ccc(F)cc3)c(C3CCNCC3)n2)cc1. The van der Waals surface area contributed by atoms with Crippen molar-refractivity contribution < 1.29 is 9.13 Å². The molecule has 1 fully saturated rings. The number of nitrogens with zero attached hydrogens (tertiary/aromatic N) is 2. The zero-order chi connectivity index (χ0) is 23.0. The molecular weight excluding hydrogens is 415 g/mol. The molecule has 174 valence electrons. The first kappa shape index (κ1) is 23.2. The number of rotatable bonds is 9. The van der Waals surface area contributed by atoms with E-state index in [0.717, 1.165) is 60.7 Å². The van der Waals surface area contributed by atoms with Crippen molar-refractivity contribution in [2.75, 3.05) is 25.0 Å². The molecule has 0 saturated carbocycles. The Kier molecular flexibility index (Phi) is 7.89. The van der Waals surface area contributed by atoms with Gasteiger partial charge in [-0.05, 0) is 72.8 Å². The predicted octanol–water partition coefficient (Wildman–Crippen LogP) is 5.32. The summed E-state index contributed by atoms with van der Waals surface area (Å²) in [7, 11) is 0. The van der Waals surface area contributed by atoms with Gasteiger partial charge in [-0.2, -0.15) is 0 Å². The molecule has 0 aliphatic carbocycles. The Morgan fingerprint density at radius 1 is 1.03 bits per heavy atom. The number of hydrogen-bond acceptors (Lipinski definition) is 5. The van der Waals surface area contributed by atoms with E-state index in [4.69, 9.17) is 9.72 Å². The van der Waals surface area contributed by atoms with Gasteiger partial charge in [0.1, 0.15) is 11.6 Å². The van der Waals surface area contributed by atoms with Crippen LogP contribution in [0.3, 0.4) is 0 Å². The van der Waals surface area contributed by atoms with Crippen LogP contribution in [-0.2, 0) is 13.0 Å². The maximum Gasteiger partial charge on any atom is 0.223 e. The minimum Gasteiger partial charge on any atom is -0.493 e. The van der Waals surface area contributed by atoms with Gasteiger partial charge in [0.2, 0.25) is 5.95 Å². The van der Waals surface area contributed by atoms with Crippen LogP contribution >= 0.6 is 0 Å². The second kappa shape index (κ2) is 11.2. The van der Waals surface area contributed by atoms with Gasteiger partial charge in [-0.3, -0.25) is 0 Å². The molecule has 0 atom stereocenters. The number of aromatic nitrogens is 2. The summed E-state index contributed by atoms with van der Waals surface area (Å²) < 4.78 is 19.1. The second-order valence-corrected chi connectivity index (χ2v) is 9.13. The van der Waals surface area contributed by atoms with Gasteiger partial charge in [-0.15, -0.1) is 0 Å². The van der Waals surface area contributed by atoms with Crippen molar-refractivity contribution in [2.45, 2.75) is 45.6 Å². The number of benzene rings is 2. The van der Waals surface area contributed by atoms with Crippen molar-refractivity contribution in [1.29, 1.82) is 0 Å². The molecule has 1 aliphatic heterocycles. The van der Waals surface area contributed by atoms with Gasteiger partial charge in [0.25, 0.3) is 0 Å². The summed E-state index contributed by atoms with van der Waals surface area (Å²) in [6.07, 6.45) is 4.76. The lowest BCUT2D eigenvalue weighted by molar-refractivity contribution is 0.271. The lowest BCUT2D eigenvalue weighted by atomic mass is 9.90. The molecule has 1 saturated heterocycles. The molecule has 1 aromatic heterocycles. The highest BCUT2D eigenvalue weighted by Crippen LogP contribution is 2.28. The normalized spacial score (nSPS) is 14.4. The molecule has 4 rings (SSSR count). The Hall–Kier alpha value is -2.99. The lowest BCUT2D eigenvalue weighted by Gasteiger charge is -2.24. The molecule has 1 aliphatic rings. The van der Waals surface area contributed by atoms with Crippen LogP contribution in [-0.4, -0.2) is 29.7 Å². The first-order chi connectivity index (χ1) is 16.1. The van der Waals surface area contributed by atoms with E-state index < -0.39 is 0 Å². The van der Waals surface area contributed by atoms with Crippen LogP contribution in [0.2, 0.25) is 0 Å². The quantitative estimate of drug-likeness (QED) is 0.464. The Bertz CT molecular complexity index is 1020. The molecule has 0 spiro atoms. The summed E-state index contributed by atoms with van der Waals surface area (Å²) in [5.74, 6) is 2.23. The van der Waals surface area contributed by atoms with E-state index in [1.807, 2.05) is 30.5 Å². The van der Waals surface area contributed by atoms with E-state index in [9.17, 15) is 4.39 Å². The number of nitrogens with one attached hydrogen (secondary N) is 2. The molecule has 33 heavy (non-hydrogen) atoms. The highest BCUT2D eigenvalue weighted by atomic mass is 19.1. The van der Waals surface area contributed by atoms with Gasteiger partial charge in [0, 0.05) is 25.1 Å². The number of hydrogen-bond donors (Lipinski definition) is 2. The maximum absolute atomic E-state index is 13.3. The summed E-state index contributed by atoms with van der Waals surface area (Å²) in [6.45, 7) is 7.64. The van der Waals surface area contributed by atoms with Crippen LogP contribution in [0.15, 0.2) is 54.7 Å². The van der Waals surface area contributed by atoms with E-state index in [1.54, 1.807) is 0 Å². The topological polar surface area (TPSA) is 59.1 Å². The van der Waals surface area contributed by atoms with E-state index in [-0.39, 0.29) is 5.82 Å². The van der Waals surface area contributed by atoms with Crippen LogP contribution in [0.4, 0.5) is 10.3 Å². The van der Waals surface area contributed by atoms with Crippen LogP contribution in [0.25, 0.3) is 0 Å². The zero-order valence-corrected chi connectivity index (χ0v) is 19.5. The summed E-state index contributed by atoms with van der Waals surface area (Å²) >= 11 is 0. The van der Waals surface area contributed by atoms with Crippen molar-refractivity contribution >= 4 is 5.95 Å². The molecule has 2 aromatic carbocycles. The summed E-state index contributed by atoms with van der Waals surface area (Å²) in [4.78, 5) is 9.54. The van der Waals surface area contributed by atoms with Crippen LogP contribution in [0.5, 0.6) is 5.75 Å². The van der Waals surface area contributed by atoms with Crippen molar-refractivity contribution in [2.24, 2.45) is 5.92 Å². The van der Waals surface area contributed by atoms with E-state index in [1.165, 1.54) is 12.1 Å². The van der Waals surface area contributed by atoms with E-state index >= 15 is 0 Å². The Morgan fingerprint density at radius 2 is 1.73 bits per heavy atom. The predicted molar refractivity (Wildman–Crippen MR) is 130 cm³/mol. The first-order valence-electron chi connectivity index (χ1n) is 11.8. The number of halogens is 1. The fourth-order valence-corrected chi connectivity index (χ4v) is 4.06. The minimum atomic E-state index is -0.215. The molecule has 0 unspecified atom stereocenters. The third-order valence-electron chi connectivity index (χ3n) is 5.89. The molecule has 2 heterocycles. The molecule has 6 heteroatoms. The lowest BCUT2D eigenvalue weighted by Crippen LogP contribution is -2.28. The fourth-order valence-electron chi connectivity index (χ4n) is 4.06. The summed E-state index contributed by atoms with van der Waals surface area (Å²) in [5.41, 5.74) is 4.44. The Balaban J connectivity index is 1.46. The second-order valence-electron chi connectivity index (χ2n) is 9.13. The van der Waals surface area contributed by atoms with Crippen LogP contribution in [0.1, 0.15) is 55.0 Å². The third kappa shape index (κ3) is 6.75. The minimum absolute atomic E-state index is 0.215. The Morgan fingerprint density at radius 3 is 2.42 bits per heavy atom. The van der Waals surface area contributed by atoms with Crippen LogP contribution in [0, 0.1) is 11.7 Å². The summed E-state index contributed by atoms with van der Waals surface area (Å²) in [5, 5.41) is 6.81. The third-order valence-corrected chi connectivity index (χ3v) is 5.89. The van der Waals surface area contributed by atoms with Crippen molar-refractivity contribution in [3.63, 3.8) is 0 Å². The molecule has 0 amide bonds. The van der Waals surface area contributed by atoms with Crippen LogP contribution < -0.4 is 15.4 Å². The van der Waals surface area contributed by atoms with Gasteiger partial charge in [-0.1, -0.05) is 38.1 Å². The smallest absolute Gasteiger partial charge is 0.223 e. The molecular formula is C27H33FN4O. The number of piperidine rings is 1. The highest BCUT2D eigenvalue weighted by molar-refractivity contribution is 5.37. The Labute approximate surface area is 195 Å². The van der Waals surface area contributed by atoms with Crippen molar-refractivity contribution in [3.8, 4) is 5.75 Å². The zero-order valence-electron chi connectivity index (χ0n) is 19.5. The van der Waals surface area contributed by atoms with Crippen molar-refractivity contribution in [1.82, 2.24) is 15.3 Å². The first-order valence-corrected chi connectivity index (χ1v) is 11.8. The van der Waals surface area contributed by atoms with E-state index in [2.05, 4.69) is 41.6 Å². The number of ether oxygens (including phenoxy) is 1. The molecule has 0 radical (unpaired) electrons. The maximum atomic E-state index is 13.3. The van der Waals surface area contributed by atoms with Gasteiger partial charge >= 0.3 is 0 Å². The van der Waals surface area contributed by atoms with Gasteiger partial charge in [-0.25, -0.2) is 14.4 Å². The van der Waals surface area contributed by atoms with Gasteiger partial charge in [0.15, 0.2) is 0 Å². The molecule has 0 bridgehead atoms.